The van der Waals surface area contributed by atoms with Crippen LogP contribution in [0.1, 0.15) is 19.5 Å². The van der Waals surface area contributed by atoms with E-state index < -0.39 is 0 Å². The van der Waals surface area contributed by atoms with E-state index in [4.69, 9.17) is 4.42 Å². The zero-order valence-corrected chi connectivity index (χ0v) is 16.0. The lowest BCUT2D eigenvalue weighted by Gasteiger charge is -2.37. The van der Waals surface area contributed by atoms with Crippen LogP contribution in [0.5, 0.6) is 0 Å². The van der Waals surface area contributed by atoms with E-state index >= 15 is 0 Å². The lowest BCUT2D eigenvalue weighted by molar-refractivity contribution is 0.164. The van der Waals surface area contributed by atoms with E-state index in [1.165, 1.54) is 6.54 Å². The molecule has 1 aromatic carbocycles. The van der Waals surface area contributed by atoms with Crippen molar-refractivity contribution in [2.45, 2.75) is 20.4 Å². The van der Waals surface area contributed by atoms with Crippen molar-refractivity contribution in [1.29, 1.82) is 0 Å². The van der Waals surface area contributed by atoms with Crippen molar-refractivity contribution in [2.75, 3.05) is 39.8 Å². The molecule has 0 aliphatic carbocycles. The third-order valence-corrected chi connectivity index (χ3v) is 4.51. The summed E-state index contributed by atoms with van der Waals surface area (Å²) >= 11 is 0. The van der Waals surface area contributed by atoms with Crippen LogP contribution in [0.4, 0.5) is 0 Å². The first-order valence-electron chi connectivity index (χ1n) is 9.33. The second kappa shape index (κ2) is 8.85. The topological polar surface area (TPSA) is 56.9 Å². The summed E-state index contributed by atoms with van der Waals surface area (Å²) < 4.78 is 5.60. The molecule has 1 fully saturated rings. The number of nitrogens with one attached hydrogen (secondary N) is 1. The minimum absolute atomic E-state index is 0.606. The fourth-order valence-corrected chi connectivity index (χ4v) is 3.26. The van der Waals surface area contributed by atoms with Gasteiger partial charge in [0.25, 0.3) is 0 Å². The Morgan fingerprint density at radius 1 is 1.19 bits per heavy atom. The standard InChI is InChI=1S/C20H29N5O/c1-16(2)14-24-9-11-25(12-10-24)20(21-3)22-13-18-15-26-19(23-18)17-7-5-4-6-8-17/h4-8,15-16H,9-14H2,1-3H3,(H,21,22). The highest BCUT2D eigenvalue weighted by Crippen LogP contribution is 2.17. The van der Waals surface area contributed by atoms with Crippen molar-refractivity contribution < 1.29 is 4.42 Å². The van der Waals surface area contributed by atoms with Crippen molar-refractivity contribution in [3.05, 3.63) is 42.3 Å². The van der Waals surface area contributed by atoms with Gasteiger partial charge in [-0.25, -0.2) is 4.98 Å². The van der Waals surface area contributed by atoms with Gasteiger partial charge in [-0.15, -0.1) is 0 Å². The molecule has 1 aliphatic rings. The van der Waals surface area contributed by atoms with Crippen LogP contribution in [0, 0.1) is 5.92 Å². The molecule has 2 heterocycles. The van der Waals surface area contributed by atoms with Gasteiger partial charge in [0.05, 0.1) is 12.2 Å². The molecule has 3 rings (SSSR count). The number of hydrogen-bond donors (Lipinski definition) is 1. The first-order chi connectivity index (χ1) is 12.7. The van der Waals surface area contributed by atoms with Crippen LogP contribution < -0.4 is 5.32 Å². The highest BCUT2D eigenvalue weighted by atomic mass is 16.3. The minimum atomic E-state index is 0.606. The summed E-state index contributed by atoms with van der Waals surface area (Å²) in [7, 11) is 1.83. The Hall–Kier alpha value is -2.34. The Bertz CT molecular complexity index is 702. The van der Waals surface area contributed by atoms with E-state index in [9.17, 15) is 0 Å². The van der Waals surface area contributed by atoms with Gasteiger partial charge < -0.3 is 14.6 Å². The van der Waals surface area contributed by atoms with E-state index in [1.54, 1.807) is 6.26 Å². The van der Waals surface area contributed by atoms with Crippen molar-refractivity contribution >= 4 is 5.96 Å². The van der Waals surface area contributed by atoms with Crippen LogP contribution >= 0.6 is 0 Å². The molecule has 0 bridgehead atoms. The zero-order chi connectivity index (χ0) is 18.4. The van der Waals surface area contributed by atoms with Gasteiger partial charge in [0.1, 0.15) is 6.26 Å². The van der Waals surface area contributed by atoms with E-state index in [1.807, 2.05) is 37.4 Å². The molecule has 1 saturated heterocycles. The molecular formula is C20H29N5O. The number of aliphatic imine (C=N–C) groups is 1. The lowest BCUT2D eigenvalue weighted by Crippen LogP contribution is -2.52. The molecule has 0 spiro atoms. The predicted molar refractivity (Wildman–Crippen MR) is 105 cm³/mol. The minimum Gasteiger partial charge on any atom is -0.444 e. The summed E-state index contributed by atoms with van der Waals surface area (Å²) in [5.74, 6) is 2.29. The van der Waals surface area contributed by atoms with Gasteiger partial charge in [-0.3, -0.25) is 9.89 Å². The zero-order valence-electron chi connectivity index (χ0n) is 16.0. The fraction of sp³-hybridized carbons (Fsp3) is 0.500. The molecule has 0 unspecified atom stereocenters. The second-order valence-electron chi connectivity index (χ2n) is 7.09. The highest BCUT2D eigenvalue weighted by Gasteiger charge is 2.20. The van der Waals surface area contributed by atoms with Crippen LogP contribution in [0.15, 0.2) is 46.0 Å². The molecule has 0 amide bonds. The molecular weight excluding hydrogens is 326 g/mol. The first-order valence-corrected chi connectivity index (χ1v) is 9.33. The van der Waals surface area contributed by atoms with Crippen molar-refractivity contribution in [1.82, 2.24) is 20.1 Å². The highest BCUT2D eigenvalue weighted by molar-refractivity contribution is 5.80. The van der Waals surface area contributed by atoms with Crippen molar-refractivity contribution in [3.63, 3.8) is 0 Å². The number of guanidine groups is 1. The Kier molecular flexibility index (Phi) is 6.28. The first kappa shape index (κ1) is 18.5. The largest absolute Gasteiger partial charge is 0.444 e. The Balaban J connectivity index is 1.52. The normalized spacial score (nSPS) is 16.3. The van der Waals surface area contributed by atoms with Gasteiger partial charge in [-0.1, -0.05) is 32.0 Å². The van der Waals surface area contributed by atoms with Crippen molar-refractivity contribution in [2.24, 2.45) is 10.9 Å². The number of rotatable bonds is 5. The molecule has 6 nitrogen and oxygen atoms in total. The average molecular weight is 355 g/mol. The summed E-state index contributed by atoms with van der Waals surface area (Å²) in [6.45, 7) is 10.5. The SMILES string of the molecule is CN=C(NCc1coc(-c2ccccc2)n1)N1CCN(CC(C)C)CC1. The quantitative estimate of drug-likeness (QED) is 0.660. The Labute approximate surface area is 155 Å². The van der Waals surface area contributed by atoms with Crippen LogP contribution in [-0.2, 0) is 6.54 Å². The number of aromatic nitrogens is 1. The monoisotopic (exact) mass is 355 g/mol. The smallest absolute Gasteiger partial charge is 0.226 e. The molecule has 26 heavy (non-hydrogen) atoms. The van der Waals surface area contributed by atoms with Gasteiger partial charge in [0.2, 0.25) is 5.89 Å². The molecule has 0 saturated carbocycles. The molecule has 1 aliphatic heterocycles. The van der Waals surface area contributed by atoms with E-state index in [-0.39, 0.29) is 0 Å². The summed E-state index contributed by atoms with van der Waals surface area (Å²) in [4.78, 5) is 13.8. The van der Waals surface area contributed by atoms with Gasteiger partial charge in [-0.05, 0) is 18.1 Å². The molecule has 1 aromatic heterocycles. The maximum absolute atomic E-state index is 5.60. The maximum Gasteiger partial charge on any atom is 0.226 e. The van der Waals surface area contributed by atoms with E-state index in [0.29, 0.717) is 18.4 Å². The molecule has 6 heteroatoms. The Morgan fingerprint density at radius 2 is 1.92 bits per heavy atom. The van der Waals surface area contributed by atoms with Gasteiger partial charge in [-0.2, -0.15) is 0 Å². The van der Waals surface area contributed by atoms with Crippen molar-refractivity contribution in [3.8, 4) is 11.5 Å². The van der Waals surface area contributed by atoms with E-state index in [2.05, 4.69) is 38.9 Å². The van der Waals surface area contributed by atoms with E-state index in [0.717, 1.165) is 43.4 Å². The number of oxazole rings is 1. The molecule has 140 valence electrons. The van der Waals surface area contributed by atoms with Gasteiger partial charge >= 0.3 is 0 Å². The third-order valence-electron chi connectivity index (χ3n) is 4.51. The third kappa shape index (κ3) is 4.85. The number of hydrogen-bond acceptors (Lipinski definition) is 4. The lowest BCUT2D eigenvalue weighted by atomic mass is 10.2. The van der Waals surface area contributed by atoms with Crippen LogP contribution in [0.3, 0.4) is 0 Å². The Morgan fingerprint density at radius 3 is 2.58 bits per heavy atom. The average Bonchev–Trinajstić information content (AvgIpc) is 3.13. The molecule has 0 atom stereocenters. The van der Waals surface area contributed by atoms with Crippen LogP contribution in [-0.4, -0.2) is 60.5 Å². The molecule has 2 aromatic rings. The van der Waals surface area contributed by atoms with Gasteiger partial charge in [0, 0.05) is 45.3 Å². The summed E-state index contributed by atoms with van der Waals surface area (Å²) in [5, 5.41) is 3.41. The van der Waals surface area contributed by atoms with Crippen LogP contribution in [0.2, 0.25) is 0 Å². The van der Waals surface area contributed by atoms with Crippen LogP contribution in [0.25, 0.3) is 11.5 Å². The fourth-order valence-electron chi connectivity index (χ4n) is 3.26. The summed E-state index contributed by atoms with van der Waals surface area (Å²) in [5.41, 5.74) is 1.87. The summed E-state index contributed by atoms with van der Waals surface area (Å²) in [6, 6.07) is 9.95. The second-order valence-corrected chi connectivity index (χ2v) is 7.09. The van der Waals surface area contributed by atoms with Gasteiger partial charge in [0.15, 0.2) is 5.96 Å². The maximum atomic E-state index is 5.60. The molecule has 0 radical (unpaired) electrons. The number of benzene rings is 1. The molecule has 1 N–H and O–H groups in total. The summed E-state index contributed by atoms with van der Waals surface area (Å²) in [6.07, 6.45) is 1.71. The number of piperazine rings is 1. The number of nitrogens with zero attached hydrogens (tertiary/aromatic N) is 4. The predicted octanol–water partition coefficient (Wildman–Crippen LogP) is 2.69.